The molecule has 0 aromatic carbocycles. The molecule has 0 amide bonds. The lowest BCUT2D eigenvalue weighted by Gasteiger charge is -2.08. The molecule has 0 fully saturated rings. The molecule has 1 heterocycles. The van der Waals surface area contributed by atoms with Crippen LogP contribution in [0.5, 0.6) is 0 Å². The lowest BCUT2D eigenvalue weighted by atomic mass is 10.1. The first kappa shape index (κ1) is 16.4. The van der Waals surface area contributed by atoms with Crippen LogP contribution in [0.2, 0.25) is 5.15 Å². The van der Waals surface area contributed by atoms with E-state index in [1.807, 2.05) is 0 Å². The first-order chi connectivity index (χ1) is 8.92. The van der Waals surface area contributed by atoms with Crippen LogP contribution in [0.4, 0.5) is 0 Å². The minimum Gasteiger partial charge on any atom is -0.380 e. The van der Waals surface area contributed by atoms with Crippen molar-refractivity contribution < 1.29 is 13.2 Å². The summed E-state index contributed by atoms with van der Waals surface area (Å²) in [6, 6.07) is 2.71. The zero-order valence-corrected chi connectivity index (χ0v) is 12.7. The molecule has 0 atom stereocenters. The fourth-order valence-corrected chi connectivity index (χ4v) is 2.57. The number of sulfonamides is 1. The Morgan fingerprint density at radius 3 is 2.79 bits per heavy atom. The van der Waals surface area contributed by atoms with Gasteiger partial charge in [0.2, 0.25) is 10.0 Å². The van der Waals surface area contributed by atoms with Crippen molar-refractivity contribution in [2.24, 2.45) is 5.92 Å². The number of ether oxygens (including phenoxy) is 1. The lowest BCUT2D eigenvalue weighted by Crippen LogP contribution is -2.27. The molecule has 0 saturated heterocycles. The van der Waals surface area contributed by atoms with Crippen LogP contribution in [0.1, 0.15) is 20.3 Å². The second-order valence-corrected chi connectivity index (χ2v) is 6.66. The molecule has 0 aliphatic carbocycles. The Morgan fingerprint density at radius 1 is 1.42 bits per heavy atom. The van der Waals surface area contributed by atoms with Crippen LogP contribution in [0.25, 0.3) is 0 Å². The molecule has 1 aromatic rings. The Labute approximate surface area is 119 Å². The molecule has 1 aromatic heterocycles. The average Bonchev–Trinajstić information content (AvgIpc) is 2.33. The monoisotopic (exact) mass is 306 g/mol. The summed E-state index contributed by atoms with van der Waals surface area (Å²) in [6.07, 6.45) is 2.32. The molecule has 0 aliphatic rings. The molecule has 0 aliphatic heterocycles. The number of nitrogens with one attached hydrogen (secondary N) is 1. The fourth-order valence-electron chi connectivity index (χ4n) is 1.30. The largest absolute Gasteiger partial charge is 0.380 e. The number of pyridine rings is 1. The summed E-state index contributed by atoms with van der Waals surface area (Å²) in [7, 11) is -3.54. The SMILES string of the molecule is CC(C)CCOCCNS(=O)(=O)c1ccnc(Cl)c1. The van der Waals surface area contributed by atoms with Gasteiger partial charge in [0.1, 0.15) is 5.15 Å². The van der Waals surface area contributed by atoms with Crippen LogP contribution >= 0.6 is 11.6 Å². The van der Waals surface area contributed by atoms with Crippen LogP contribution in [0, 0.1) is 5.92 Å². The highest BCUT2D eigenvalue weighted by Crippen LogP contribution is 2.12. The summed E-state index contributed by atoms with van der Waals surface area (Å²) in [4.78, 5) is 3.85. The van der Waals surface area contributed by atoms with Gasteiger partial charge in [0, 0.05) is 19.3 Å². The molecule has 0 unspecified atom stereocenters. The number of nitrogens with zero attached hydrogens (tertiary/aromatic N) is 1. The maximum absolute atomic E-state index is 11.9. The Balaban J connectivity index is 2.36. The van der Waals surface area contributed by atoms with Gasteiger partial charge in [0.25, 0.3) is 0 Å². The maximum Gasteiger partial charge on any atom is 0.240 e. The molecule has 7 heteroatoms. The normalized spacial score (nSPS) is 12.0. The van der Waals surface area contributed by atoms with Gasteiger partial charge in [0.05, 0.1) is 11.5 Å². The number of hydrogen-bond donors (Lipinski definition) is 1. The van der Waals surface area contributed by atoms with E-state index in [4.69, 9.17) is 16.3 Å². The molecular formula is C12H19ClN2O3S. The van der Waals surface area contributed by atoms with E-state index < -0.39 is 10.0 Å². The lowest BCUT2D eigenvalue weighted by molar-refractivity contribution is 0.128. The quantitative estimate of drug-likeness (QED) is 0.590. The van der Waals surface area contributed by atoms with E-state index in [1.54, 1.807) is 0 Å². The second-order valence-electron chi connectivity index (χ2n) is 4.51. The zero-order chi connectivity index (χ0) is 14.3. The van der Waals surface area contributed by atoms with Crippen LogP contribution in [-0.4, -0.2) is 33.2 Å². The molecule has 0 bridgehead atoms. The van der Waals surface area contributed by atoms with Crippen LogP contribution < -0.4 is 4.72 Å². The number of halogens is 1. The highest BCUT2D eigenvalue weighted by atomic mass is 35.5. The van der Waals surface area contributed by atoms with Gasteiger partial charge in [-0.15, -0.1) is 0 Å². The third-order valence-corrected chi connectivity index (χ3v) is 4.05. The predicted octanol–water partition coefficient (Wildman–Crippen LogP) is 2.08. The molecule has 19 heavy (non-hydrogen) atoms. The first-order valence-corrected chi connectivity index (χ1v) is 7.97. The molecule has 108 valence electrons. The van der Waals surface area contributed by atoms with E-state index >= 15 is 0 Å². The third-order valence-electron chi connectivity index (χ3n) is 2.39. The molecule has 0 spiro atoms. The van der Waals surface area contributed by atoms with E-state index in [9.17, 15) is 8.42 Å². The topological polar surface area (TPSA) is 68.3 Å². The molecule has 1 N–H and O–H groups in total. The highest BCUT2D eigenvalue weighted by molar-refractivity contribution is 7.89. The van der Waals surface area contributed by atoms with Crippen molar-refractivity contribution in [1.29, 1.82) is 0 Å². The first-order valence-electron chi connectivity index (χ1n) is 6.11. The summed E-state index contributed by atoms with van der Waals surface area (Å²) >= 11 is 5.66. The van der Waals surface area contributed by atoms with E-state index in [0.29, 0.717) is 19.1 Å². The fraction of sp³-hybridized carbons (Fsp3) is 0.583. The third kappa shape index (κ3) is 6.33. The van der Waals surface area contributed by atoms with Crippen LogP contribution in [0.15, 0.2) is 23.2 Å². The minimum absolute atomic E-state index is 0.106. The summed E-state index contributed by atoms with van der Waals surface area (Å²) in [5, 5.41) is 0.149. The van der Waals surface area contributed by atoms with Crippen LogP contribution in [-0.2, 0) is 14.8 Å². The average molecular weight is 307 g/mol. The van der Waals surface area contributed by atoms with Crippen molar-refractivity contribution in [3.63, 3.8) is 0 Å². The molecule has 0 radical (unpaired) electrons. The van der Waals surface area contributed by atoms with Crippen molar-refractivity contribution in [3.8, 4) is 0 Å². The van der Waals surface area contributed by atoms with Crippen molar-refractivity contribution in [2.45, 2.75) is 25.2 Å². The second kappa shape index (κ2) is 7.79. The number of aromatic nitrogens is 1. The summed E-state index contributed by atoms with van der Waals surface area (Å²) in [5.74, 6) is 0.579. The van der Waals surface area contributed by atoms with Gasteiger partial charge >= 0.3 is 0 Å². The van der Waals surface area contributed by atoms with Crippen molar-refractivity contribution in [3.05, 3.63) is 23.5 Å². The van der Waals surface area contributed by atoms with Gasteiger partial charge in [-0.3, -0.25) is 0 Å². The Hall–Kier alpha value is -0.690. The maximum atomic E-state index is 11.9. The molecule has 0 saturated carbocycles. The Bertz CT molecular complexity index is 492. The number of hydrogen-bond acceptors (Lipinski definition) is 4. The van der Waals surface area contributed by atoms with Crippen molar-refractivity contribution in [1.82, 2.24) is 9.71 Å². The van der Waals surface area contributed by atoms with Crippen LogP contribution in [0.3, 0.4) is 0 Å². The standard InChI is InChI=1S/C12H19ClN2O3S/c1-10(2)4-7-18-8-6-15-19(16,17)11-3-5-14-12(13)9-11/h3,5,9-10,15H,4,6-8H2,1-2H3. The van der Waals surface area contributed by atoms with Gasteiger partial charge in [0.15, 0.2) is 0 Å². The molecular weight excluding hydrogens is 288 g/mol. The van der Waals surface area contributed by atoms with Gasteiger partial charge in [-0.05, 0) is 24.5 Å². The predicted molar refractivity (Wildman–Crippen MR) is 74.7 cm³/mol. The zero-order valence-electron chi connectivity index (χ0n) is 11.1. The van der Waals surface area contributed by atoms with E-state index in [-0.39, 0.29) is 16.6 Å². The Kier molecular flexibility index (Phi) is 6.71. The summed E-state index contributed by atoms with van der Waals surface area (Å²) < 4.78 is 31.5. The van der Waals surface area contributed by atoms with E-state index in [1.165, 1.54) is 18.3 Å². The highest BCUT2D eigenvalue weighted by Gasteiger charge is 2.13. The Morgan fingerprint density at radius 2 is 2.16 bits per heavy atom. The van der Waals surface area contributed by atoms with Crippen molar-refractivity contribution >= 4 is 21.6 Å². The van der Waals surface area contributed by atoms with E-state index in [0.717, 1.165) is 6.42 Å². The van der Waals surface area contributed by atoms with Gasteiger partial charge in [-0.2, -0.15) is 0 Å². The molecule has 5 nitrogen and oxygen atoms in total. The summed E-state index contributed by atoms with van der Waals surface area (Å²) in [5.41, 5.74) is 0. The minimum atomic E-state index is -3.54. The van der Waals surface area contributed by atoms with Gasteiger partial charge < -0.3 is 4.74 Å². The van der Waals surface area contributed by atoms with Gasteiger partial charge in [-0.1, -0.05) is 25.4 Å². The van der Waals surface area contributed by atoms with Gasteiger partial charge in [-0.25, -0.2) is 18.1 Å². The van der Waals surface area contributed by atoms with Crippen molar-refractivity contribution in [2.75, 3.05) is 19.8 Å². The summed E-state index contributed by atoms with van der Waals surface area (Å²) in [6.45, 7) is 5.45. The smallest absolute Gasteiger partial charge is 0.240 e. The number of rotatable bonds is 8. The molecule has 1 rings (SSSR count). The van der Waals surface area contributed by atoms with E-state index in [2.05, 4.69) is 23.6 Å².